The van der Waals surface area contributed by atoms with Gasteiger partial charge in [0.05, 0.1) is 25.3 Å². The Balaban J connectivity index is 1.35. The molecule has 0 N–H and O–H groups in total. The number of likely N-dealkylation sites (N-methyl/N-ethyl adjacent to an activating group) is 1. The third-order valence-electron chi connectivity index (χ3n) is 8.79. The number of rotatable bonds is 5. The molecule has 0 radical (unpaired) electrons. The number of hydrogen-bond acceptors (Lipinski definition) is 6. The molecular formula is C29H33F3N6O2. The van der Waals surface area contributed by atoms with Crippen molar-refractivity contribution in [3.8, 4) is 0 Å². The molecule has 3 aliphatic rings. The molecule has 2 atom stereocenters. The van der Waals surface area contributed by atoms with Crippen molar-refractivity contribution in [3.05, 3.63) is 70.8 Å². The van der Waals surface area contributed by atoms with Crippen molar-refractivity contribution in [2.24, 2.45) is 7.05 Å². The number of anilines is 2. The van der Waals surface area contributed by atoms with Crippen LogP contribution in [0.3, 0.4) is 0 Å². The Bertz CT molecular complexity index is 1450. The average molecular weight is 555 g/mol. The van der Waals surface area contributed by atoms with Gasteiger partial charge in [0.15, 0.2) is 0 Å². The van der Waals surface area contributed by atoms with Gasteiger partial charge < -0.3 is 19.1 Å². The van der Waals surface area contributed by atoms with E-state index in [9.17, 15) is 18.0 Å². The predicted molar refractivity (Wildman–Crippen MR) is 145 cm³/mol. The summed E-state index contributed by atoms with van der Waals surface area (Å²) in [5, 5.41) is 8.19. The van der Waals surface area contributed by atoms with Crippen LogP contribution in [0.15, 0.2) is 42.7 Å². The van der Waals surface area contributed by atoms with E-state index in [1.807, 2.05) is 48.7 Å². The van der Waals surface area contributed by atoms with Gasteiger partial charge in [-0.1, -0.05) is 12.1 Å². The number of hydrogen-bond donors (Lipinski definition) is 0. The summed E-state index contributed by atoms with van der Waals surface area (Å²) >= 11 is 0. The van der Waals surface area contributed by atoms with Crippen LogP contribution in [-0.4, -0.2) is 71.0 Å². The van der Waals surface area contributed by atoms with Crippen molar-refractivity contribution in [1.82, 2.24) is 19.7 Å². The fourth-order valence-corrected chi connectivity index (χ4v) is 6.17. The highest BCUT2D eigenvalue weighted by Gasteiger charge is 2.44. The van der Waals surface area contributed by atoms with Crippen LogP contribution >= 0.6 is 0 Å². The number of carbonyl (C=O) groups excluding carboxylic acids is 1. The standard InChI is InChI=1S/C29H33F3N6O2/c1-18-13-37(19(2)12-35(18)3)22-9-23-24(25(10-22)29(30,31)32)14-38(27(23)39)21-7-5-6-20(8-21)28(15-40-16-28)11-26-34-33-17-36(26)4/h5-10,17-19H,11-16H2,1-4H3/t18-,19-/m1/s1. The number of ether oxygens (including phenoxy) is 1. The number of aryl methyl sites for hydroxylation is 1. The van der Waals surface area contributed by atoms with Crippen LogP contribution < -0.4 is 9.80 Å². The lowest BCUT2D eigenvalue weighted by molar-refractivity contribution is -0.138. The van der Waals surface area contributed by atoms with Gasteiger partial charge in [-0.2, -0.15) is 13.2 Å². The summed E-state index contributed by atoms with van der Waals surface area (Å²) in [6.07, 6.45) is -2.33. The van der Waals surface area contributed by atoms with Gasteiger partial charge in [0, 0.05) is 61.0 Å². The minimum atomic E-state index is -4.58. The molecule has 212 valence electrons. The number of benzene rings is 2. The molecule has 0 aliphatic carbocycles. The van der Waals surface area contributed by atoms with Crippen molar-refractivity contribution in [2.45, 2.75) is 50.5 Å². The first-order valence-corrected chi connectivity index (χ1v) is 13.5. The van der Waals surface area contributed by atoms with Gasteiger partial charge in [-0.25, -0.2) is 0 Å². The fraction of sp³-hybridized carbons (Fsp3) is 0.483. The Morgan fingerprint density at radius 1 is 1.05 bits per heavy atom. The second-order valence-electron chi connectivity index (χ2n) is 11.6. The highest BCUT2D eigenvalue weighted by Crippen LogP contribution is 2.43. The van der Waals surface area contributed by atoms with E-state index in [0.29, 0.717) is 37.6 Å². The lowest BCUT2D eigenvalue weighted by Gasteiger charge is -2.44. The maximum atomic E-state index is 14.4. The Labute approximate surface area is 231 Å². The van der Waals surface area contributed by atoms with E-state index in [0.717, 1.165) is 17.9 Å². The first kappa shape index (κ1) is 26.8. The Hall–Kier alpha value is -3.44. The van der Waals surface area contributed by atoms with E-state index >= 15 is 0 Å². The lowest BCUT2D eigenvalue weighted by atomic mass is 9.75. The van der Waals surface area contributed by atoms with Crippen molar-refractivity contribution in [1.29, 1.82) is 0 Å². The van der Waals surface area contributed by atoms with Gasteiger partial charge >= 0.3 is 6.18 Å². The second-order valence-corrected chi connectivity index (χ2v) is 11.6. The lowest BCUT2D eigenvalue weighted by Crippen LogP contribution is -2.55. The van der Waals surface area contributed by atoms with Gasteiger partial charge in [-0.05, 0) is 56.3 Å². The number of halogens is 3. The number of amides is 1. The first-order chi connectivity index (χ1) is 19.0. The zero-order chi connectivity index (χ0) is 28.4. The van der Waals surface area contributed by atoms with Gasteiger partial charge in [-0.15, -0.1) is 10.2 Å². The van der Waals surface area contributed by atoms with Crippen LogP contribution in [0.4, 0.5) is 24.5 Å². The molecule has 8 nitrogen and oxygen atoms in total. The zero-order valence-corrected chi connectivity index (χ0v) is 23.1. The smallest absolute Gasteiger partial charge is 0.379 e. The molecule has 4 heterocycles. The Morgan fingerprint density at radius 3 is 2.48 bits per heavy atom. The number of alkyl halides is 3. The molecule has 0 unspecified atom stereocenters. The molecule has 2 saturated heterocycles. The number of piperazine rings is 1. The van der Waals surface area contributed by atoms with Gasteiger partial charge in [0.2, 0.25) is 0 Å². The van der Waals surface area contributed by atoms with Gasteiger partial charge in [-0.3, -0.25) is 9.69 Å². The van der Waals surface area contributed by atoms with Crippen LogP contribution in [-0.2, 0) is 36.3 Å². The number of carbonyl (C=O) groups is 1. The summed E-state index contributed by atoms with van der Waals surface area (Å²) in [5.74, 6) is 0.398. The third kappa shape index (κ3) is 4.45. The molecule has 0 bridgehead atoms. The van der Waals surface area contributed by atoms with Crippen LogP contribution in [0.5, 0.6) is 0 Å². The summed E-state index contributed by atoms with van der Waals surface area (Å²) in [6.45, 7) is 6.22. The summed E-state index contributed by atoms with van der Waals surface area (Å²) in [4.78, 5) is 19.4. The summed E-state index contributed by atoms with van der Waals surface area (Å²) < 4.78 is 50.6. The predicted octanol–water partition coefficient (Wildman–Crippen LogP) is 4.03. The van der Waals surface area contributed by atoms with E-state index in [4.69, 9.17) is 4.74 Å². The Kier molecular flexibility index (Phi) is 6.42. The molecule has 1 amide bonds. The third-order valence-corrected chi connectivity index (χ3v) is 8.79. The normalized spacial score (nSPS) is 22.9. The van der Waals surface area contributed by atoms with Crippen LogP contribution in [0.2, 0.25) is 0 Å². The minimum Gasteiger partial charge on any atom is -0.379 e. The van der Waals surface area contributed by atoms with Crippen molar-refractivity contribution in [2.75, 3.05) is 43.2 Å². The monoisotopic (exact) mass is 554 g/mol. The topological polar surface area (TPSA) is 66.7 Å². The van der Waals surface area contributed by atoms with E-state index in [1.165, 1.54) is 11.0 Å². The Morgan fingerprint density at radius 2 is 1.82 bits per heavy atom. The number of aromatic nitrogens is 3. The van der Waals surface area contributed by atoms with Gasteiger partial charge in [0.25, 0.3) is 5.91 Å². The summed E-state index contributed by atoms with van der Waals surface area (Å²) in [7, 11) is 3.90. The van der Waals surface area contributed by atoms with E-state index in [1.54, 1.807) is 18.5 Å². The largest absolute Gasteiger partial charge is 0.416 e. The zero-order valence-electron chi connectivity index (χ0n) is 23.1. The SMILES string of the molecule is C[C@@H]1CN(c2cc3c(c(C(F)(F)F)c2)CN(c2cccc(C4(Cc5nncn5C)COC4)c2)C3=O)[C@H](C)CN1C. The van der Waals surface area contributed by atoms with Crippen molar-refractivity contribution < 1.29 is 22.7 Å². The summed E-state index contributed by atoms with van der Waals surface area (Å²) in [5.41, 5.74) is 1.04. The molecule has 2 aromatic carbocycles. The number of nitrogens with zero attached hydrogens (tertiary/aromatic N) is 6. The average Bonchev–Trinajstić information content (AvgIpc) is 3.44. The second kappa shape index (κ2) is 9.59. The molecule has 3 aromatic rings. The molecule has 0 saturated carbocycles. The molecular weight excluding hydrogens is 521 g/mol. The summed E-state index contributed by atoms with van der Waals surface area (Å²) in [6, 6.07) is 10.6. The first-order valence-electron chi connectivity index (χ1n) is 13.5. The van der Waals surface area contributed by atoms with Crippen LogP contribution in [0.25, 0.3) is 0 Å². The van der Waals surface area contributed by atoms with Crippen LogP contribution in [0.1, 0.15) is 46.7 Å². The maximum absolute atomic E-state index is 14.4. The molecule has 0 spiro atoms. The van der Waals surface area contributed by atoms with Crippen molar-refractivity contribution in [3.63, 3.8) is 0 Å². The van der Waals surface area contributed by atoms with Crippen molar-refractivity contribution >= 4 is 17.3 Å². The molecule has 2 fully saturated rings. The molecule has 1 aromatic heterocycles. The highest BCUT2D eigenvalue weighted by atomic mass is 19.4. The minimum absolute atomic E-state index is 0.0134. The molecule has 11 heteroatoms. The molecule has 3 aliphatic heterocycles. The van der Waals surface area contributed by atoms with Gasteiger partial charge in [0.1, 0.15) is 12.2 Å². The number of fused-ring (bicyclic) bond motifs is 1. The maximum Gasteiger partial charge on any atom is 0.416 e. The molecule has 6 rings (SSSR count). The fourth-order valence-electron chi connectivity index (χ4n) is 6.17. The van der Waals surface area contributed by atoms with Crippen LogP contribution in [0, 0.1) is 0 Å². The van der Waals surface area contributed by atoms with E-state index < -0.39 is 17.6 Å². The quantitative estimate of drug-likeness (QED) is 0.475. The highest BCUT2D eigenvalue weighted by molar-refractivity contribution is 6.11. The molecule has 40 heavy (non-hydrogen) atoms. The van der Waals surface area contributed by atoms with E-state index in [2.05, 4.69) is 22.0 Å². The van der Waals surface area contributed by atoms with E-state index in [-0.39, 0.29) is 35.2 Å².